The van der Waals surface area contributed by atoms with Crippen molar-refractivity contribution in [1.82, 2.24) is 35.2 Å². The summed E-state index contributed by atoms with van der Waals surface area (Å²) in [5.41, 5.74) is 8.28. The molecule has 11 heteroatoms. The van der Waals surface area contributed by atoms with Crippen molar-refractivity contribution in [3.8, 4) is 28.3 Å². The van der Waals surface area contributed by atoms with Crippen LogP contribution >= 0.6 is 11.6 Å². The van der Waals surface area contributed by atoms with Crippen LogP contribution in [0.2, 0.25) is 5.02 Å². The highest BCUT2D eigenvalue weighted by molar-refractivity contribution is 6.30. The van der Waals surface area contributed by atoms with Crippen LogP contribution in [-0.2, 0) is 17.8 Å². The maximum absolute atomic E-state index is 12.3. The molecule has 7 rings (SSSR count). The van der Waals surface area contributed by atoms with E-state index in [1.165, 1.54) is 32.1 Å². The molecule has 0 radical (unpaired) electrons. The fourth-order valence-electron chi connectivity index (χ4n) is 6.32. The van der Waals surface area contributed by atoms with Crippen molar-refractivity contribution in [3.63, 3.8) is 0 Å². The maximum Gasteiger partial charge on any atom is 0.337 e. The van der Waals surface area contributed by atoms with Gasteiger partial charge in [-0.2, -0.15) is 10.3 Å². The summed E-state index contributed by atoms with van der Waals surface area (Å²) in [4.78, 5) is 17.1. The van der Waals surface area contributed by atoms with Crippen LogP contribution in [0.5, 0.6) is 5.75 Å². The molecule has 3 aromatic carbocycles. The van der Waals surface area contributed by atoms with Gasteiger partial charge in [-0.15, -0.1) is 10.2 Å². The minimum atomic E-state index is -0.394. The van der Waals surface area contributed by atoms with E-state index in [-0.39, 0.29) is 6.61 Å². The van der Waals surface area contributed by atoms with Gasteiger partial charge in [0.1, 0.15) is 12.4 Å². The van der Waals surface area contributed by atoms with Crippen LogP contribution in [0.25, 0.3) is 28.2 Å². The van der Waals surface area contributed by atoms with Crippen molar-refractivity contribution >= 4 is 23.2 Å². The summed E-state index contributed by atoms with van der Waals surface area (Å²) in [6.07, 6.45) is 10.4. The highest BCUT2D eigenvalue weighted by Gasteiger charge is 2.25. The number of carbonyl (C=O) groups excluding carboxylic acids is 1. The van der Waals surface area contributed by atoms with Crippen LogP contribution in [-0.4, -0.2) is 48.3 Å². The van der Waals surface area contributed by atoms with Crippen molar-refractivity contribution in [1.29, 1.82) is 0 Å². The molecule has 0 amide bonds. The van der Waals surface area contributed by atoms with Gasteiger partial charge in [-0.3, -0.25) is 0 Å². The number of carbonyl (C=O) groups is 1. The van der Waals surface area contributed by atoms with E-state index < -0.39 is 5.97 Å². The number of nitrogens with zero attached hydrogens (tertiary/aromatic N) is 6. The summed E-state index contributed by atoms with van der Waals surface area (Å²) in [7, 11) is 1.38. The third-order valence-electron chi connectivity index (χ3n) is 8.62. The maximum atomic E-state index is 12.3. The van der Waals surface area contributed by atoms with Gasteiger partial charge in [0.05, 0.1) is 30.1 Å². The number of tetrazole rings is 1. The first-order chi connectivity index (χ1) is 22.6. The molecular formula is C35H32ClN7O3. The fourth-order valence-corrected chi connectivity index (χ4v) is 6.44. The number of rotatable bonds is 9. The quantitative estimate of drug-likeness (QED) is 0.166. The lowest BCUT2D eigenvalue weighted by atomic mass is 9.84. The summed E-state index contributed by atoms with van der Waals surface area (Å²) < 4.78 is 13.2. The molecule has 0 saturated heterocycles. The van der Waals surface area contributed by atoms with E-state index in [2.05, 4.69) is 32.8 Å². The number of esters is 1. The van der Waals surface area contributed by atoms with Gasteiger partial charge in [-0.25, -0.2) is 14.3 Å². The second-order valence-electron chi connectivity index (χ2n) is 11.5. The molecule has 46 heavy (non-hydrogen) atoms. The highest BCUT2D eigenvalue weighted by atomic mass is 35.5. The Morgan fingerprint density at radius 1 is 0.957 bits per heavy atom. The molecule has 6 aromatic rings. The summed E-state index contributed by atoms with van der Waals surface area (Å²) in [6, 6.07) is 21.2. The first-order valence-electron chi connectivity index (χ1n) is 15.4. The lowest BCUT2D eigenvalue weighted by Gasteiger charge is -2.25. The Balaban J connectivity index is 1.13. The number of nitrogens with one attached hydrogen (secondary N) is 1. The van der Waals surface area contributed by atoms with Gasteiger partial charge in [0.25, 0.3) is 0 Å². The number of methoxy groups -OCH3 is 1. The molecule has 1 N–H and O–H groups in total. The van der Waals surface area contributed by atoms with Gasteiger partial charge >= 0.3 is 5.97 Å². The molecule has 0 aliphatic heterocycles. The lowest BCUT2D eigenvalue weighted by Crippen LogP contribution is -2.14. The van der Waals surface area contributed by atoms with Gasteiger partial charge < -0.3 is 9.47 Å². The monoisotopic (exact) mass is 633 g/mol. The smallest absolute Gasteiger partial charge is 0.337 e. The third-order valence-corrected chi connectivity index (χ3v) is 8.87. The molecule has 0 unspecified atom stereocenters. The predicted octanol–water partition coefficient (Wildman–Crippen LogP) is 7.23. The summed E-state index contributed by atoms with van der Waals surface area (Å²) in [5, 5.41) is 19.9. The molecule has 232 valence electrons. The topological polar surface area (TPSA) is 120 Å². The van der Waals surface area contributed by atoms with Crippen LogP contribution < -0.4 is 4.74 Å². The van der Waals surface area contributed by atoms with Crippen molar-refractivity contribution in [2.24, 2.45) is 0 Å². The van der Waals surface area contributed by atoms with Gasteiger partial charge in [-0.05, 0) is 82.3 Å². The van der Waals surface area contributed by atoms with E-state index in [1.54, 1.807) is 12.3 Å². The standard InChI is InChI=1S/C35H32ClN7O3/c1-45-35(44)25-11-16-30(23-9-12-28(36)13-10-23)27(18-25)21-46-29-14-7-22(8-15-29)17-26-19-37-34-31(33-39-41-42-40-33)20-38-43(34)32(26)24-5-3-2-4-6-24/h7-16,18-20,24H,2-6,17,21H2,1H3,(H,39,40,41,42). The van der Waals surface area contributed by atoms with Crippen LogP contribution in [0.15, 0.2) is 79.1 Å². The van der Waals surface area contributed by atoms with Gasteiger partial charge in [-0.1, -0.05) is 61.2 Å². The second kappa shape index (κ2) is 13.1. The Labute approximate surface area is 270 Å². The van der Waals surface area contributed by atoms with Crippen molar-refractivity contribution in [2.45, 2.75) is 51.0 Å². The normalized spacial score (nSPS) is 13.6. The van der Waals surface area contributed by atoms with E-state index in [9.17, 15) is 4.79 Å². The number of hydrogen-bond acceptors (Lipinski definition) is 8. The number of hydrogen-bond donors (Lipinski definition) is 1. The molecule has 0 atom stereocenters. The second-order valence-corrected chi connectivity index (χ2v) is 11.9. The summed E-state index contributed by atoms with van der Waals surface area (Å²) in [5.74, 6) is 1.23. The fraction of sp³-hybridized carbons (Fsp3) is 0.257. The van der Waals surface area contributed by atoms with Gasteiger partial charge in [0, 0.05) is 23.6 Å². The molecular weight excluding hydrogens is 602 g/mol. The zero-order chi connectivity index (χ0) is 31.5. The number of fused-ring (bicyclic) bond motifs is 1. The van der Waals surface area contributed by atoms with Crippen molar-refractivity contribution < 1.29 is 14.3 Å². The molecule has 1 aliphatic rings. The molecule has 1 aliphatic carbocycles. The number of H-pyrrole nitrogens is 1. The Morgan fingerprint density at radius 3 is 2.50 bits per heavy atom. The van der Waals surface area contributed by atoms with Crippen molar-refractivity contribution in [3.05, 3.63) is 112 Å². The average molecular weight is 634 g/mol. The number of ether oxygens (including phenoxy) is 2. The van der Waals surface area contributed by atoms with E-state index in [4.69, 9.17) is 31.2 Å². The molecule has 1 saturated carbocycles. The number of halogens is 1. The van der Waals surface area contributed by atoms with Crippen LogP contribution in [0.3, 0.4) is 0 Å². The summed E-state index contributed by atoms with van der Waals surface area (Å²) in [6.45, 7) is 0.274. The minimum Gasteiger partial charge on any atom is -0.489 e. The SMILES string of the molecule is COC(=O)c1ccc(-c2ccc(Cl)cc2)c(COc2ccc(Cc3cnc4c(-c5nn[nH]n5)cnn4c3C3CCCCC3)cc2)c1. The molecule has 3 aromatic heterocycles. The Hall–Kier alpha value is -5.09. The predicted molar refractivity (Wildman–Crippen MR) is 174 cm³/mol. The number of aromatic amines is 1. The summed E-state index contributed by atoms with van der Waals surface area (Å²) >= 11 is 6.12. The zero-order valence-electron chi connectivity index (χ0n) is 25.3. The van der Waals surface area contributed by atoms with Gasteiger partial charge in [0.2, 0.25) is 5.82 Å². The highest BCUT2D eigenvalue weighted by Crippen LogP contribution is 2.36. The molecule has 0 bridgehead atoms. The first kappa shape index (κ1) is 29.6. The van der Waals surface area contributed by atoms with Crippen molar-refractivity contribution in [2.75, 3.05) is 7.11 Å². The van der Waals surface area contributed by atoms with Gasteiger partial charge in [0.15, 0.2) is 5.65 Å². The van der Waals surface area contributed by atoms with Crippen LogP contribution in [0.1, 0.15) is 70.8 Å². The number of benzene rings is 3. The Bertz CT molecular complexity index is 1970. The van der Waals surface area contributed by atoms with E-state index in [0.717, 1.165) is 57.6 Å². The minimum absolute atomic E-state index is 0.274. The Kier molecular flexibility index (Phi) is 8.43. The number of aromatic nitrogens is 7. The van der Waals surface area contributed by atoms with E-state index in [0.29, 0.717) is 28.7 Å². The third kappa shape index (κ3) is 6.08. The van der Waals surface area contributed by atoms with Crippen LogP contribution in [0, 0.1) is 0 Å². The van der Waals surface area contributed by atoms with Crippen LogP contribution in [0.4, 0.5) is 0 Å². The lowest BCUT2D eigenvalue weighted by molar-refractivity contribution is 0.0600. The molecule has 3 heterocycles. The van der Waals surface area contributed by atoms with E-state index >= 15 is 0 Å². The largest absolute Gasteiger partial charge is 0.489 e. The molecule has 0 spiro atoms. The zero-order valence-corrected chi connectivity index (χ0v) is 26.1. The molecule has 1 fully saturated rings. The van der Waals surface area contributed by atoms with E-state index in [1.807, 2.05) is 59.2 Å². The average Bonchev–Trinajstić information content (AvgIpc) is 3.79. The first-order valence-corrected chi connectivity index (χ1v) is 15.7. The Morgan fingerprint density at radius 2 is 1.76 bits per heavy atom. The molecule has 10 nitrogen and oxygen atoms in total.